The molecule has 0 radical (unpaired) electrons. The summed E-state index contributed by atoms with van der Waals surface area (Å²) in [6, 6.07) is 5.11. The van der Waals surface area contributed by atoms with Gasteiger partial charge in [0.2, 0.25) is 0 Å². The molecule has 2 bridgehead atoms. The molecule has 1 aliphatic heterocycles. The number of fused-ring (bicyclic) bond motifs is 3. The van der Waals surface area contributed by atoms with Crippen LogP contribution in [-0.4, -0.2) is 34.7 Å². The van der Waals surface area contributed by atoms with E-state index in [0.717, 1.165) is 38.5 Å². The highest BCUT2D eigenvalue weighted by atomic mass is 16.2. The third kappa shape index (κ3) is 2.71. The molecule has 5 rings (SSSR count). The van der Waals surface area contributed by atoms with Crippen molar-refractivity contribution >= 4 is 17.7 Å². The first-order valence-corrected chi connectivity index (χ1v) is 10.1. The summed E-state index contributed by atoms with van der Waals surface area (Å²) >= 11 is 0. The van der Waals surface area contributed by atoms with Crippen molar-refractivity contribution in [3.63, 3.8) is 0 Å². The van der Waals surface area contributed by atoms with Crippen LogP contribution in [0.1, 0.15) is 76.0 Å². The van der Waals surface area contributed by atoms with Gasteiger partial charge in [-0.15, -0.1) is 0 Å². The first kappa shape index (κ1) is 16.7. The minimum Gasteiger partial charge on any atom is -0.349 e. The van der Waals surface area contributed by atoms with E-state index < -0.39 is 0 Å². The predicted octanol–water partition coefficient (Wildman–Crippen LogP) is 3.31. The van der Waals surface area contributed by atoms with Crippen molar-refractivity contribution in [3.05, 3.63) is 47.0 Å². The summed E-state index contributed by atoms with van der Waals surface area (Å²) in [4.78, 5) is 39.8. The number of rotatable bonds is 3. The maximum atomic E-state index is 12.9. The molecule has 2 saturated carbocycles. The average molecular weight is 364 g/mol. The van der Waals surface area contributed by atoms with Crippen molar-refractivity contribution in [2.45, 2.75) is 57.0 Å². The number of carbonyl (C=O) groups is 3. The van der Waals surface area contributed by atoms with Crippen molar-refractivity contribution in [1.82, 2.24) is 10.2 Å². The number of hydrogen-bond donors (Lipinski definition) is 1. The lowest BCUT2D eigenvalue weighted by atomic mass is 9.94. The van der Waals surface area contributed by atoms with Crippen LogP contribution in [0.15, 0.2) is 30.4 Å². The number of hydrogen-bond acceptors (Lipinski definition) is 3. The number of carbonyl (C=O) groups excluding carboxylic acids is 3. The number of nitrogens with one attached hydrogen (secondary N) is 1. The Hall–Kier alpha value is -2.43. The molecular formula is C22H24N2O3. The number of imide groups is 1. The SMILES string of the molecule is O=C(NC1CC2C=CC1C2)c1ccc2c(c1)C(=O)N(C1CCCCC1)C2=O. The Balaban J connectivity index is 1.35. The second-order valence-corrected chi connectivity index (χ2v) is 8.39. The molecule has 5 nitrogen and oxygen atoms in total. The zero-order valence-electron chi connectivity index (χ0n) is 15.3. The Kier molecular flexibility index (Phi) is 3.92. The first-order chi connectivity index (χ1) is 13.1. The highest BCUT2D eigenvalue weighted by molar-refractivity contribution is 6.22. The monoisotopic (exact) mass is 364 g/mol. The lowest BCUT2D eigenvalue weighted by molar-refractivity contribution is 0.0548. The minimum absolute atomic E-state index is 0.00394. The number of allylic oxidation sites excluding steroid dienone is 1. The van der Waals surface area contributed by atoms with Crippen molar-refractivity contribution in [1.29, 1.82) is 0 Å². The van der Waals surface area contributed by atoms with Crippen LogP contribution in [0.2, 0.25) is 0 Å². The van der Waals surface area contributed by atoms with Gasteiger partial charge in [-0.1, -0.05) is 31.4 Å². The minimum atomic E-state index is -0.237. The second kappa shape index (κ2) is 6.32. The lowest BCUT2D eigenvalue weighted by Gasteiger charge is -2.29. The summed E-state index contributed by atoms with van der Waals surface area (Å²) in [5.41, 5.74) is 1.28. The summed E-state index contributed by atoms with van der Waals surface area (Å²) in [5.74, 6) is 0.425. The summed E-state index contributed by atoms with van der Waals surface area (Å²) < 4.78 is 0. The average Bonchev–Trinajstić information content (AvgIpc) is 3.37. The molecule has 0 aromatic heterocycles. The third-order valence-electron chi connectivity index (χ3n) is 6.72. The summed E-state index contributed by atoms with van der Waals surface area (Å²) in [6.45, 7) is 0. The molecule has 1 heterocycles. The van der Waals surface area contributed by atoms with E-state index >= 15 is 0 Å². The van der Waals surface area contributed by atoms with Gasteiger partial charge in [0.25, 0.3) is 17.7 Å². The molecule has 3 amide bonds. The van der Waals surface area contributed by atoms with Crippen LogP contribution < -0.4 is 5.32 Å². The van der Waals surface area contributed by atoms with Crippen molar-refractivity contribution in [2.24, 2.45) is 11.8 Å². The Bertz CT molecular complexity index is 853. The van der Waals surface area contributed by atoms with Gasteiger partial charge in [0, 0.05) is 17.6 Å². The molecule has 3 unspecified atom stereocenters. The number of benzene rings is 1. The van der Waals surface area contributed by atoms with Gasteiger partial charge in [-0.3, -0.25) is 19.3 Å². The molecule has 1 N–H and O–H groups in total. The van der Waals surface area contributed by atoms with Crippen LogP contribution in [0.4, 0.5) is 0 Å². The van der Waals surface area contributed by atoms with Crippen LogP contribution in [0.3, 0.4) is 0 Å². The molecule has 3 atom stereocenters. The van der Waals surface area contributed by atoms with Gasteiger partial charge < -0.3 is 5.32 Å². The van der Waals surface area contributed by atoms with Gasteiger partial charge in [0.05, 0.1) is 11.1 Å². The fourth-order valence-electron chi connectivity index (χ4n) is 5.27. The van der Waals surface area contributed by atoms with E-state index in [9.17, 15) is 14.4 Å². The largest absolute Gasteiger partial charge is 0.349 e. The summed E-state index contributed by atoms with van der Waals surface area (Å²) in [6.07, 6.45) is 11.6. The van der Waals surface area contributed by atoms with E-state index in [-0.39, 0.29) is 29.8 Å². The highest BCUT2D eigenvalue weighted by Gasteiger charge is 2.41. The Labute approximate surface area is 158 Å². The second-order valence-electron chi connectivity index (χ2n) is 8.39. The molecule has 5 heteroatoms. The van der Waals surface area contributed by atoms with Crippen LogP contribution >= 0.6 is 0 Å². The molecule has 140 valence electrons. The van der Waals surface area contributed by atoms with Crippen LogP contribution in [0, 0.1) is 11.8 Å². The predicted molar refractivity (Wildman–Crippen MR) is 100 cm³/mol. The zero-order chi connectivity index (χ0) is 18.5. The van der Waals surface area contributed by atoms with Gasteiger partial charge in [-0.2, -0.15) is 0 Å². The Morgan fingerprint density at radius 3 is 2.44 bits per heavy atom. The van der Waals surface area contributed by atoms with Crippen molar-refractivity contribution < 1.29 is 14.4 Å². The van der Waals surface area contributed by atoms with E-state index in [2.05, 4.69) is 17.5 Å². The normalized spacial score (nSPS) is 29.5. The fraction of sp³-hybridized carbons (Fsp3) is 0.500. The highest BCUT2D eigenvalue weighted by Crippen LogP contribution is 2.39. The quantitative estimate of drug-likeness (QED) is 0.661. The van der Waals surface area contributed by atoms with E-state index in [1.54, 1.807) is 18.2 Å². The Morgan fingerprint density at radius 1 is 0.963 bits per heavy atom. The molecule has 4 aliphatic rings. The number of amides is 3. The molecular weight excluding hydrogens is 340 g/mol. The topological polar surface area (TPSA) is 66.5 Å². The molecule has 2 fully saturated rings. The maximum absolute atomic E-state index is 12.9. The van der Waals surface area contributed by atoms with E-state index in [1.165, 1.54) is 11.3 Å². The van der Waals surface area contributed by atoms with Crippen molar-refractivity contribution in [2.75, 3.05) is 0 Å². The summed E-state index contributed by atoms with van der Waals surface area (Å²) in [5, 5.41) is 3.12. The molecule has 0 saturated heterocycles. The molecule has 3 aliphatic carbocycles. The third-order valence-corrected chi connectivity index (χ3v) is 6.72. The van der Waals surface area contributed by atoms with Gasteiger partial charge >= 0.3 is 0 Å². The van der Waals surface area contributed by atoms with Gasteiger partial charge in [0.1, 0.15) is 0 Å². The Morgan fingerprint density at radius 2 is 1.74 bits per heavy atom. The number of nitrogens with zero attached hydrogens (tertiary/aromatic N) is 1. The standard InChI is InChI=1S/C22H24N2O3/c25-20(23-19-11-13-6-7-14(19)10-13)15-8-9-17-18(12-15)22(27)24(21(17)26)16-4-2-1-3-5-16/h6-9,12-14,16,19H,1-5,10-11H2,(H,23,25). The van der Waals surface area contributed by atoms with Crippen LogP contribution in [0.5, 0.6) is 0 Å². The molecule has 27 heavy (non-hydrogen) atoms. The van der Waals surface area contributed by atoms with Crippen LogP contribution in [0.25, 0.3) is 0 Å². The van der Waals surface area contributed by atoms with E-state index in [1.807, 2.05) is 0 Å². The lowest BCUT2D eigenvalue weighted by Crippen LogP contribution is -2.40. The summed E-state index contributed by atoms with van der Waals surface area (Å²) in [7, 11) is 0. The molecule has 1 aromatic carbocycles. The van der Waals surface area contributed by atoms with Crippen molar-refractivity contribution in [3.8, 4) is 0 Å². The van der Waals surface area contributed by atoms with E-state index in [0.29, 0.717) is 28.5 Å². The first-order valence-electron chi connectivity index (χ1n) is 10.1. The van der Waals surface area contributed by atoms with E-state index in [4.69, 9.17) is 0 Å². The van der Waals surface area contributed by atoms with Crippen LogP contribution in [-0.2, 0) is 0 Å². The molecule has 0 spiro atoms. The smallest absolute Gasteiger partial charge is 0.261 e. The zero-order valence-corrected chi connectivity index (χ0v) is 15.3. The maximum Gasteiger partial charge on any atom is 0.261 e. The molecule has 1 aromatic rings. The van der Waals surface area contributed by atoms with Gasteiger partial charge in [-0.05, 0) is 55.7 Å². The fourth-order valence-corrected chi connectivity index (χ4v) is 5.27. The van der Waals surface area contributed by atoms with Gasteiger partial charge in [-0.25, -0.2) is 0 Å². The van der Waals surface area contributed by atoms with Gasteiger partial charge in [0.15, 0.2) is 0 Å².